The number of ether oxygens (including phenoxy) is 1. The van der Waals surface area contributed by atoms with Crippen LogP contribution in [0.4, 0.5) is 4.79 Å². The summed E-state index contributed by atoms with van der Waals surface area (Å²) in [4.78, 5) is 35.7. The Bertz CT molecular complexity index is 803. The first-order chi connectivity index (χ1) is 11.3. The second-order valence-corrected chi connectivity index (χ2v) is 7.65. The van der Waals surface area contributed by atoms with Gasteiger partial charge in [-0.05, 0) is 25.5 Å². The smallest absolute Gasteiger partial charge is 0.417 e. The third kappa shape index (κ3) is 2.80. The molecule has 0 radical (unpaired) electrons. The fourth-order valence-corrected chi connectivity index (χ4v) is 4.42. The highest BCUT2D eigenvalue weighted by Gasteiger charge is 2.43. The van der Waals surface area contributed by atoms with Gasteiger partial charge in [-0.2, -0.15) is 4.31 Å². The molecule has 1 unspecified atom stereocenters. The number of carbonyl (C=O) groups is 3. The number of amides is 2. The molecule has 2 fully saturated rings. The quantitative estimate of drug-likeness (QED) is 0.737. The van der Waals surface area contributed by atoms with E-state index in [1.807, 2.05) is 0 Å². The number of hydrogen-bond acceptors (Lipinski definition) is 6. The molecule has 0 saturated carbocycles. The maximum absolute atomic E-state index is 12.7. The van der Waals surface area contributed by atoms with Crippen LogP contribution in [0.25, 0.3) is 0 Å². The fourth-order valence-electron chi connectivity index (χ4n) is 2.88. The van der Waals surface area contributed by atoms with E-state index >= 15 is 0 Å². The summed E-state index contributed by atoms with van der Waals surface area (Å²) in [5.41, 5.74) is 0.310. The number of Topliss-reactive ketones (excluding diaryl/α,β-unsaturated/α-hetero) is 1. The van der Waals surface area contributed by atoms with Gasteiger partial charge in [-0.1, -0.05) is 12.1 Å². The zero-order valence-corrected chi connectivity index (χ0v) is 13.8. The Balaban J connectivity index is 1.82. The Kier molecular flexibility index (Phi) is 4.14. The molecule has 3 rings (SSSR count). The van der Waals surface area contributed by atoms with E-state index < -0.39 is 28.1 Å². The van der Waals surface area contributed by atoms with E-state index in [2.05, 4.69) is 4.74 Å². The largest absolute Gasteiger partial charge is 0.439 e. The van der Waals surface area contributed by atoms with Gasteiger partial charge in [0.05, 0.1) is 10.9 Å². The normalized spacial score (nSPS) is 22.0. The van der Waals surface area contributed by atoms with Crippen LogP contribution in [0.2, 0.25) is 0 Å². The van der Waals surface area contributed by atoms with Gasteiger partial charge in [0.25, 0.3) is 5.91 Å². The van der Waals surface area contributed by atoms with E-state index in [0.717, 1.165) is 4.90 Å². The molecule has 8 nitrogen and oxygen atoms in total. The lowest BCUT2D eigenvalue weighted by Crippen LogP contribution is -2.42. The summed E-state index contributed by atoms with van der Waals surface area (Å²) in [6.45, 7) is 1.27. The number of nitrogens with zero attached hydrogens (tertiary/aromatic N) is 2. The van der Waals surface area contributed by atoms with Crippen molar-refractivity contribution in [2.45, 2.75) is 24.3 Å². The molecule has 1 aromatic rings. The summed E-state index contributed by atoms with van der Waals surface area (Å²) in [6.07, 6.45) is -0.380. The molecule has 9 heteroatoms. The molecule has 0 N–H and O–H groups in total. The van der Waals surface area contributed by atoms with Gasteiger partial charge >= 0.3 is 6.09 Å². The van der Waals surface area contributed by atoms with Crippen LogP contribution in [-0.2, 0) is 19.6 Å². The highest BCUT2D eigenvalue weighted by atomic mass is 32.2. The van der Waals surface area contributed by atoms with Crippen molar-refractivity contribution < 1.29 is 27.5 Å². The summed E-state index contributed by atoms with van der Waals surface area (Å²) >= 11 is 0. The van der Waals surface area contributed by atoms with E-state index in [4.69, 9.17) is 0 Å². The second kappa shape index (κ2) is 5.99. The summed E-state index contributed by atoms with van der Waals surface area (Å²) in [6, 6.07) is 5.29. The number of ketones is 1. The minimum atomic E-state index is -3.80. The van der Waals surface area contributed by atoms with E-state index in [-0.39, 0.29) is 30.4 Å². The summed E-state index contributed by atoms with van der Waals surface area (Å²) in [5, 5.41) is 0. The Hall–Kier alpha value is -2.26. The molecule has 1 atom stereocenters. The topological polar surface area (TPSA) is 101 Å². The van der Waals surface area contributed by atoms with E-state index in [1.54, 1.807) is 6.07 Å². The van der Waals surface area contributed by atoms with Gasteiger partial charge in [0.1, 0.15) is 0 Å². The summed E-state index contributed by atoms with van der Waals surface area (Å²) in [7, 11) is -3.80. The van der Waals surface area contributed by atoms with Gasteiger partial charge in [0.15, 0.2) is 12.4 Å². The van der Waals surface area contributed by atoms with Crippen molar-refractivity contribution in [3.8, 4) is 0 Å². The number of carbonyl (C=O) groups excluding carboxylic acids is 3. The first-order valence-electron chi connectivity index (χ1n) is 7.40. The molecule has 2 heterocycles. The maximum Gasteiger partial charge on any atom is 0.417 e. The van der Waals surface area contributed by atoms with Crippen LogP contribution in [0.15, 0.2) is 29.2 Å². The highest BCUT2D eigenvalue weighted by molar-refractivity contribution is 7.89. The molecule has 0 aliphatic carbocycles. The number of imide groups is 1. The molecule has 2 saturated heterocycles. The number of sulfonamides is 1. The zero-order valence-electron chi connectivity index (χ0n) is 13.0. The number of hydrogen-bond donors (Lipinski definition) is 0. The lowest BCUT2D eigenvalue weighted by atomic mass is 10.2. The molecule has 2 aliphatic rings. The number of rotatable bonds is 4. The summed E-state index contributed by atoms with van der Waals surface area (Å²) < 4.78 is 31.3. The second-order valence-electron chi connectivity index (χ2n) is 5.71. The van der Waals surface area contributed by atoms with Gasteiger partial charge < -0.3 is 4.74 Å². The zero-order chi connectivity index (χ0) is 17.5. The lowest BCUT2D eigenvalue weighted by molar-refractivity contribution is -0.127. The Morgan fingerprint density at radius 3 is 2.67 bits per heavy atom. The van der Waals surface area contributed by atoms with E-state index in [9.17, 15) is 22.8 Å². The standard InChI is InChI=1S/C15H16N2O6S/c1-10(18)11-3-2-4-13(7-11)24(21,22)16-6-5-12(8-16)17-14(19)9-23-15(17)20/h2-4,7,12H,5-6,8-9H2,1H3. The lowest BCUT2D eigenvalue weighted by Gasteiger charge is -2.20. The molecule has 24 heavy (non-hydrogen) atoms. The molecular formula is C15H16N2O6S. The van der Waals surface area contributed by atoms with Gasteiger partial charge in [0.2, 0.25) is 10.0 Å². The molecular weight excluding hydrogens is 336 g/mol. The molecule has 1 aromatic carbocycles. The van der Waals surface area contributed by atoms with Crippen LogP contribution in [0, 0.1) is 0 Å². The first kappa shape index (κ1) is 16.6. The van der Waals surface area contributed by atoms with Crippen molar-refractivity contribution in [1.82, 2.24) is 9.21 Å². The SMILES string of the molecule is CC(=O)c1cccc(S(=O)(=O)N2CCC(N3C(=O)COC3=O)C2)c1. The van der Waals surface area contributed by atoms with E-state index in [0.29, 0.717) is 12.0 Å². The fraction of sp³-hybridized carbons (Fsp3) is 0.400. The first-order valence-corrected chi connectivity index (χ1v) is 8.84. The van der Waals surface area contributed by atoms with Crippen molar-refractivity contribution >= 4 is 27.8 Å². The maximum atomic E-state index is 12.7. The van der Waals surface area contributed by atoms with Crippen LogP contribution in [0.1, 0.15) is 23.7 Å². The molecule has 0 bridgehead atoms. The van der Waals surface area contributed by atoms with Crippen LogP contribution < -0.4 is 0 Å². The predicted molar refractivity (Wildman–Crippen MR) is 81.8 cm³/mol. The van der Waals surface area contributed by atoms with E-state index in [1.165, 1.54) is 29.4 Å². The third-order valence-corrected chi connectivity index (χ3v) is 6.02. The molecule has 0 aromatic heterocycles. The van der Waals surface area contributed by atoms with Gasteiger partial charge in [-0.15, -0.1) is 0 Å². The van der Waals surface area contributed by atoms with Crippen molar-refractivity contribution in [2.75, 3.05) is 19.7 Å². The van der Waals surface area contributed by atoms with Crippen molar-refractivity contribution in [3.05, 3.63) is 29.8 Å². The van der Waals surface area contributed by atoms with Gasteiger partial charge in [-0.25, -0.2) is 18.1 Å². The Morgan fingerprint density at radius 1 is 1.29 bits per heavy atom. The van der Waals surface area contributed by atoms with Crippen LogP contribution >= 0.6 is 0 Å². The van der Waals surface area contributed by atoms with Crippen LogP contribution in [0.3, 0.4) is 0 Å². The van der Waals surface area contributed by atoms with Crippen molar-refractivity contribution in [1.29, 1.82) is 0 Å². The average Bonchev–Trinajstić information content (AvgIpc) is 3.14. The van der Waals surface area contributed by atoms with Crippen LogP contribution in [0.5, 0.6) is 0 Å². The minimum absolute atomic E-state index is 0.0196. The Labute approximate surface area is 139 Å². The van der Waals surface area contributed by atoms with Crippen molar-refractivity contribution in [2.24, 2.45) is 0 Å². The average molecular weight is 352 g/mol. The molecule has 0 spiro atoms. The monoisotopic (exact) mass is 352 g/mol. The Morgan fingerprint density at radius 2 is 2.04 bits per heavy atom. The minimum Gasteiger partial charge on any atom is -0.439 e. The summed E-state index contributed by atoms with van der Waals surface area (Å²) in [5.74, 6) is -0.681. The highest BCUT2D eigenvalue weighted by Crippen LogP contribution is 2.26. The third-order valence-electron chi connectivity index (χ3n) is 4.15. The molecule has 128 valence electrons. The van der Waals surface area contributed by atoms with Crippen LogP contribution in [-0.4, -0.2) is 61.1 Å². The van der Waals surface area contributed by atoms with Crippen molar-refractivity contribution in [3.63, 3.8) is 0 Å². The molecule has 2 aliphatic heterocycles. The number of benzene rings is 1. The number of cyclic esters (lactones) is 1. The predicted octanol–water partition coefficient (Wildman–Crippen LogP) is 0.631. The van der Waals surface area contributed by atoms with Gasteiger partial charge in [-0.3, -0.25) is 9.59 Å². The van der Waals surface area contributed by atoms with Gasteiger partial charge in [0, 0.05) is 18.7 Å². The molecule has 2 amide bonds.